The van der Waals surface area contributed by atoms with E-state index < -0.39 is 17.5 Å². The quantitative estimate of drug-likeness (QED) is 0.363. The van der Waals surface area contributed by atoms with E-state index in [2.05, 4.69) is 20.9 Å². The molecule has 1 aromatic heterocycles. The highest BCUT2D eigenvalue weighted by molar-refractivity contribution is 6.04. The molecule has 1 heterocycles. The molecule has 0 fully saturated rings. The minimum absolute atomic E-state index is 0.0993. The van der Waals surface area contributed by atoms with Crippen LogP contribution in [0.2, 0.25) is 0 Å². The Hall–Kier alpha value is -4.80. The van der Waals surface area contributed by atoms with Gasteiger partial charge in [-0.05, 0) is 48.5 Å². The summed E-state index contributed by atoms with van der Waals surface area (Å²) in [6, 6.07) is 15.0. The fourth-order valence-electron chi connectivity index (χ4n) is 3.76. The first-order valence-corrected chi connectivity index (χ1v) is 11.7. The monoisotopic (exact) mass is 519 g/mol. The van der Waals surface area contributed by atoms with Crippen molar-refractivity contribution in [1.82, 2.24) is 19.9 Å². The Morgan fingerprint density at radius 2 is 1.66 bits per heavy atom. The maximum atomic E-state index is 13.5. The summed E-state index contributed by atoms with van der Waals surface area (Å²) in [4.78, 5) is 28.5. The van der Waals surface area contributed by atoms with Crippen molar-refractivity contribution in [3.8, 4) is 5.69 Å². The summed E-state index contributed by atoms with van der Waals surface area (Å²) >= 11 is 0. The average molecular weight is 520 g/mol. The lowest BCUT2D eigenvalue weighted by molar-refractivity contribution is 0.0828. The maximum Gasteiger partial charge on any atom is 0.255 e. The number of carbonyl (C=O) groups is 2. The summed E-state index contributed by atoms with van der Waals surface area (Å²) in [5.74, 6) is -2.40. The summed E-state index contributed by atoms with van der Waals surface area (Å²) in [6.07, 6.45) is 1.73. The van der Waals surface area contributed by atoms with Gasteiger partial charge in [0.25, 0.3) is 11.8 Å². The third-order valence-corrected chi connectivity index (χ3v) is 5.62. The first kappa shape index (κ1) is 26.3. The van der Waals surface area contributed by atoms with Gasteiger partial charge in [-0.2, -0.15) is 0 Å². The van der Waals surface area contributed by atoms with Crippen molar-refractivity contribution < 1.29 is 18.4 Å². The lowest BCUT2D eigenvalue weighted by Gasteiger charge is -2.20. The molecule has 0 bridgehead atoms. The third kappa shape index (κ3) is 6.12. The first-order valence-electron chi connectivity index (χ1n) is 11.7. The standard InChI is InChI=1S/C27H27F2N7O2/c1-34(2)25-9-8-20(14-24(25)27(38)35(3)4)30-15-22-16-36(33-32-22)23-7-5-6-21(13-23)31-26(37)17-10-18(28)12-19(29)11-17/h5-14,16,30H,15H2,1-4H3,(H,31,37). The summed E-state index contributed by atoms with van der Waals surface area (Å²) < 4.78 is 28.5. The minimum atomic E-state index is -0.832. The Morgan fingerprint density at radius 3 is 2.34 bits per heavy atom. The zero-order valence-corrected chi connectivity index (χ0v) is 21.4. The fraction of sp³-hybridized carbons (Fsp3) is 0.185. The maximum absolute atomic E-state index is 13.5. The highest BCUT2D eigenvalue weighted by atomic mass is 19.1. The van der Waals surface area contributed by atoms with E-state index in [-0.39, 0.29) is 11.5 Å². The number of halogens is 2. The predicted octanol–water partition coefficient (Wildman–Crippen LogP) is 4.18. The summed E-state index contributed by atoms with van der Waals surface area (Å²) in [5, 5.41) is 14.2. The third-order valence-electron chi connectivity index (χ3n) is 5.62. The summed E-state index contributed by atoms with van der Waals surface area (Å²) in [6.45, 7) is 0.360. The van der Waals surface area contributed by atoms with Crippen molar-refractivity contribution in [2.75, 3.05) is 43.7 Å². The normalized spacial score (nSPS) is 10.7. The molecule has 3 aromatic carbocycles. The Balaban J connectivity index is 1.45. The SMILES string of the molecule is CN(C)C(=O)c1cc(NCc2cn(-c3cccc(NC(=O)c4cc(F)cc(F)c4)c3)nn2)ccc1N(C)C. The number of hydrogen-bond acceptors (Lipinski definition) is 6. The van der Waals surface area contributed by atoms with Gasteiger partial charge in [0, 0.05) is 56.9 Å². The number of hydrogen-bond donors (Lipinski definition) is 2. The van der Waals surface area contributed by atoms with Gasteiger partial charge in [-0.15, -0.1) is 5.10 Å². The van der Waals surface area contributed by atoms with Crippen molar-refractivity contribution in [2.24, 2.45) is 0 Å². The number of nitrogens with one attached hydrogen (secondary N) is 2. The topological polar surface area (TPSA) is 95.4 Å². The lowest BCUT2D eigenvalue weighted by atomic mass is 10.1. The molecule has 4 aromatic rings. The zero-order chi connectivity index (χ0) is 27.4. The molecule has 0 saturated carbocycles. The highest BCUT2D eigenvalue weighted by Gasteiger charge is 2.16. The number of anilines is 3. The van der Waals surface area contributed by atoms with E-state index in [9.17, 15) is 18.4 Å². The van der Waals surface area contributed by atoms with E-state index in [1.807, 2.05) is 31.1 Å². The molecule has 38 heavy (non-hydrogen) atoms. The van der Waals surface area contributed by atoms with Gasteiger partial charge < -0.3 is 20.4 Å². The van der Waals surface area contributed by atoms with Crippen molar-refractivity contribution in [2.45, 2.75) is 6.54 Å². The van der Waals surface area contributed by atoms with Crippen LogP contribution >= 0.6 is 0 Å². The molecule has 2 N–H and O–H groups in total. The number of amides is 2. The molecular weight excluding hydrogens is 492 g/mol. The van der Waals surface area contributed by atoms with Crippen LogP contribution in [0.25, 0.3) is 5.69 Å². The van der Waals surface area contributed by atoms with Crippen LogP contribution in [0.5, 0.6) is 0 Å². The molecule has 0 aliphatic rings. The molecule has 196 valence electrons. The Morgan fingerprint density at radius 1 is 0.921 bits per heavy atom. The van der Waals surface area contributed by atoms with Crippen molar-refractivity contribution in [3.63, 3.8) is 0 Å². The van der Waals surface area contributed by atoms with E-state index in [0.717, 1.165) is 23.5 Å². The van der Waals surface area contributed by atoms with E-state index in [1.165, 1.54) is 4.90 Å². The number of carbonyl (C=O) groups excluding carboxylic acids is 2. The molecule has 0 aliphatic heterocycles. The van der Waals surface area contributed by atoms with Gasteiger partial charge in [0.15, 0.2) is 0 Å². The van der Waals surface area contributed by atoms with Gasteiger partial charge >= 0.3 is 0 Å². The molecule has 0 atom stereocenters. The van der Waals surface area contributed by atoms with Gasteiger partial charge in [0.2, 0.25) is 0 Å². The van der Waals surface area contributed by atoms with Crippen LogP contribution in [-0.4, -0.2) is 59.9 Å². The van der Waals surface area contributed by atoms with E-state index in [4.69, 9.17) is 0 Å². The molecule has 0 spiro atoms. The first-order chi connectivity index (χ1) is 18.1. The van der Waals surface area contributed by atoms with Gasteiger partial charge in [-0.25, -0.2) is 13.5 Å². The second kappa shape index (κ2) is 11.1. The zero-order valence-electron chi connectivity index (χ0n) is 21.4. The van der Waals surface area contributed by atoms with E-state index >= 15 is 0 Å². The smallest absolute Gasteiger partial charge is 0.255 e. The minimum Gasteiger partial charge on any atom is -0.379 e. The number of rotatable bonds is 8. The van der Waals surface area contributed by atoms with Crippen molar-refractivity contribution in [3.05, 3.63) is 95.3 Å². The van der Waals surface area contributed by atoms with Crippen LogP contribution in [-0.2, 0) is 6.54 Å². The van der Waals surface area contributed by atoms with E-state index in [0.29, 0.717) is 35.2 Å². The molecule has 0 aliphatic carbocycles. The van der Waals surface area contributed by atoms with Crippen LogP contribution in [0, 0.1) is 11.6 Å². The van der Waals surface area contributed by atoms with Crippen LogP contribution in [0.4, 0.5) is 25.8 Å². The Kier molecular flexibility index (Phi) is 7.66. The second-order valence-electron chi connectivity index (χ2n) is 9.00. The second-order valence-corrected chi connectivity index (χ2v) is 9.00. The molecule has 0 radical (unpaired) electrons. The van der Waals surface area contributed by atoms with Crippen LogP contribution in [0.1, 0.15) is 26.4 Å². The molecular formula is C27H27F2N7O2. The lowest BCUT2D eigenvalue weighted by Crippen LogP contribution is -2.24. The number of nitrogens with zero attached hydrogens (tertiary/aromatic N) is 5. The van der Waals surface area contributed by atoms with Gasteiger partial charge in [-0.1, -0.05) is 11.3 Å². The average Bonchev–Trinajstić information content (AvgIpc) is 3.35. The van der Waals surface area contributed by atoms with Crippen molar-refractivity contribution >= 4 is 28.9 Å². The molecule has 9 nitrogen and oxygen atoms in total. The number of aromatic nitrogens is 3. The van der Waals surface area contributed by atoms with E-state index in [1.54, 1.807) is 55.3 Å². The fourth-order valence-corrected chi connectivity index (χ4v) is 3.76. The van der Waals surface area contributed by atoms with Gasteiger partial charge in [0.05, 0.1) is 24.0 Å². The van der Waals surface area contributed by atoms with Gasteiger partial charge in [-0.3, -0.25) is 9.59 Å². The summed E-state index contributed by atoms with van der Waals surface area (Å²) in [5.41, 5.74) is 3.72. The predicted molar refractivity (Wildman–Crippen MR) is 142 cm³/mol. The van der Waals surface area contributed by atoms with Gasteiger partial charge in [0.1, 0.15) is 17.3 Å². The molecule has 0 unspecified atom stereocenters. The highest BCUT2D eigenvalue weighted by Crippen LogP contribution is 2.24. The van der Waals surface area contributed by atoms with Crippen LogP contribution in [0.15, 0.2) is 66.9 Å². The Bertz CT molecular complexity index is 1460. The largest absolute Gasteiger partial charge is 0.379 e. The molecule has 11 heteroatoms. The molecule has 4 rings (SSSR count). The summed E-state index contributed by atoms with van der Waals surface area (Å²) in [7, 11) is 7.19. The Labute approximate surface area is 218 Å². The van der Waals surface area contributed by atoms with Crippen LogP contribution < -0.4 is 15.5 Å². The number of benzene rings is 3. The molecule has 0 saturated heterocycles. The molecule has 2 amide bonds. The van der Waals surface area contributed by atoms with Crippen molar-refractivity contribution in [1.29, 1.82) is 0 Å². The van der Waals surface area contributed by atoms with Crippen LogP contribution in [0.3, 0.4) is 0 Å².